The first-order valence-electron chi connectivity index (χ1n) is 6.42. The number of benzene rings is 2. The quantitative estimate of drug-likeness (QED) is 0.677. The summed E-state index contributed by atoms with van der Waals surface area (Å²) in [7, 11) is 0. The van der Waals surface area contributed by atoms with Crippen LogP contribution in [0.1, 0.15) is 15.9 Å². The fourth-order valence-electron chi connectivity index (χ4n) is 2.45. The van der Waals surface area contributed by atoms with Crippen molar-refractivity contribution in [2.45, 2.75) is 0 Å². The highest BCUT2D eigenvalue weighted by atomic mass is 16.5. The summed E-state index contributed by atoms with van der Waals surface area (Å²) in [6, 6.07) is 15.3. The van der Waals surface area contributed by atoms with Crippen LogP contribution in [-0.4, -0.2) is 10.8 Å². The highest BCUT2D eigenvalue weighted by Crippen LogP contribution is 2.31. The van der Waals surface area contributed by atoms with Crippen LogP contribution in [0, 0.1) is 0 Å². The normalized spacial score (nSPS) is 15.6. The predicted molar refractivity (Wildman–Crippen MR) is 77.7 cm³/mol. The van der Waals surface area contributed by atoms with Crippen LogP contribution in [0.15, 0.2) is 60.5 Å². The number of carbonyl (C=O) groups is 1. The van der Waals surface area contributed by atoms with Crippen molar-refractivity contribution in [3.63, 3.8) is 0 Å². The molecule has 20 heavy (non-hydrogen) atoms. The van der Waals surface area contributed by atoms with E-state index in [9.17, 15) is 4.79 Å². The van der Waals surface area contributed by atoms with Crippen LogP contribution in [0.5, 0.6) is 5.75 Å². The summed E-state index contributed by atoms with van der Waals surface area (Å²) in [6.07, 6.45) is 3.68. The molecular formula is C17H11NO2. The molecule has 0 spiro atoms. The number of fused-ring (bicyclic) bond motifs is 2. The van der Waals surface area contributed by atoms with Gasteiger partial charge in [-0.15, -0.1) is 0 Å². The molecule has 3 heteroatoms. The molecule has 2 aromatic carbocycles. The van der Waals surface area contributed by atoms with E-state index >= 15 is 0 Å². The van der Waals surface area contributed by atoms with Gasteiger partial charge in [-0.3, -0.25) is 4.79 Å². The standard InChI is InChI=1S/C17H11NO2/c19-17-13-3-1-2-4-15(13)20-16(17)10-11-5-6-14-12(9-11)7-8-18-14/h1-10,18H. The molecular weight excluding hydrogens is 250 g/mol. The van der Waals surface area contributed by atoms with E-state index < -0.39 is 0 Å². The summed E-state index contributed by atoms with van der Waals surface area (Å²) in [5, 5.41) is 1.11. The molecule has 0 saturated carbocycles. The van der Waals surface area contributed by atoms with E-state index in [0.717, 1.165) is 16.5 Å². The van der Waals surface area contributed by atoms with Gasteiger partial charge in [-0.2, -0.15) is 0 Å². The van der Waals surface area contributed by atoms with E-state index in [4.69, 9.17) is 4.74 Å². The Bertz CT molecular complexity index is 858. The van der Waals surface area contributed by atoms with Crippen LogP contribution in [0.25, 0.3) is 17.0 Å². The smallest absolute Gasteiger partial charge is 0.231 e. The molecule has 1 aromatic heterocycles. The largest absolute Gasteiger partial charge is 0.452 e. The SMILES string of the molecule is O=C1C(=Cc2ccc3[nH]ccc3c2)Oc2ccccc21. The second-order valence-corrected chi connectivity index (χ2v) is 4.76. The van der Waals surface area contributed by atoms with Crippen molar-refractivity contribution >= 4 is 22.8 Å². The lowest BCUT2D eigenvalue weighted by atomic mass is 10.1. The van der Waals surface area contributed by atoms with E-state index in [1.807, 2.05) is 48.7 Å². The van der Waals surface area contributed by atoms with E-state index in [1.165, 1.54) is 0 Å². The number of aromatic nitrogens is 1. The summed E-state index contributed by atoms with van der Waals surface area (Å²) in [6.45, 7) is 0. The molecule has 4 rings (SSSR count). The second kappa shape index (κ2) is 4.10. The number of aromatic amines is 1. The highest BCUT2D eigenvalue weighted by molar-refractivity contribution is 6.14. The minimum atomic E-state index is -0.0604. The van der Waals surface area contributed by atoms with E-state index in [-0.39, 0.29) is 5.78 Å². The Morgan fingerprint density at radius 1 is 1.05 bits per heavy atom. The molecule has 0 amide bonds. The summed E-state index contributed by atoms with van der Waals surface area (Å²) in [5.41, 5.74) is 2.66. The molecule has 0 radical (unpaired) electrons. The number of carbonyl (C=O) groups excluding carboxylic acids is 1. The van der Waals surface area contributed by atoms with Crippen LogP contribution in [0.3, 0.4) is 0 Å². The number of hydrogen-bond donors (Lipinski definition) is 1. The zero-order chi connectivity index (χ0) is 13.5. The first-order chi connectivity index (χ1) is 9.81. The molecule has 1 aliphatic rings. The third kappa shape index (κ3) is 1.64. The van der Waals surface area contributed by atoms with Crippen molar-refractivity contribution in [3.05, 3.63) is 71.6 Å². The van der Waals surface area contributed by atoms with Gasteiger partial charge in [0.2, 0.25) is 5.78 Å². The van der Waals surface area contributed by atoms with Crippen LogP contribution in [0.2, 0.25) is 0 Å². The van der Waals surface area contributed by atoms with Gasteiger partial charge >= 0.3 is 0 Å². The first-order valence-corrected chi connectivity index (χ1v) is 6.42. The fourth-order valence-corrected chi connectivity index (χ4v) is 2.45. The van der Waals surface area contributed by atoms with Crippen molar-refractivity contribution in [1.82, 2.24) is 4.98 Å². The third-order valence-electron chi connectivity index (χ3n) is 3.45. The van der Waals surface area contributed by atoms with Gasteiger partial charge in [0.15, 0.2) is 5.76 Å². The van der Waals surface area contributed by atoms with E-state index in [2.05, 4.69) is 4.98 Å². The lowest BCUT2D eigenvalue weighted by molar-refractivity contribution is 0.101. The Morgan fingerprint density at radius 3 is 2.85 bits per heavy atom. The zero-order valence-electron chi connectivity index (χ0n) is 10.6. The number of allylic oxidation sites excluding steroid dienone is 1. The summed E-state index contributed by atoms with van der Waals surface area (Å²) in [4.78, 5) is 15.4. The van der Waals surface area contributed by atoms with Gasteiger partial charge in [-0.25, -0.2) is 0 Å². The average molecular weight is 261 g/mol. The molecule has 1 N–H and O–H groups in total. The van der Waals surface area contributed by atoms with Crippen molar-refractivity contribution in [3.8, 4) is 5.75 Å². The summed E-state index contributed by atoms with van der Waals surface area (Å²) in [5.74, 6) is 0.947. The molecule has 0 aliphatic carbocycles. The Labute approximate surface area is 115 Å². The number of para-hydroxylation sites is 1. The van der Waals surface area contributed by atoms with Crippen LogP contribution in [0.4, 0.5) is 0 Å². The van der Waals surface area contributed by atoms with Crippen molar-refractivity contribution in [1.29, 1.82) is 0 Å². The fraction of sp³-hybridized carbons (Fsp3) is 0. The zero-order valence-corrected chi connectivity index (χ0v) is 10.6. The van der Waals surface area contributed by atoms with Gasteiger partial charge in [0.25, 0.3) is 0 Å². The molecule has 0 unspecified atom stereocenters. The molecule has 2 heterocycles. The lowest BCUT2D eigenvalue weighted by Crippen LogP contribution is -1.97. The van der Waals surface area contributed by atoms with Gasteiger partial charge < -0.3 is 9.72 Å². The maximum absolute atomic E-state index is 12.2. The van der Waals surface area contributed by atoms with Crippen LogP contribution in [-0.2, 0) is 0 Å². The number of nitrogens with one attached hydrogen (secondary N) is 1. The van der Waals surface area contributed by atoms with Gasteiger partial charge in [0.1, 0.15) is 5.75 Å². The number of ether oxygens (including phenoxy) is 1. The van der Waals surface area contributed by atoms with Crippen LogP contribution >= 0.6 is 0 Å². The number of ketones is 1. The maximum Gasteiger partial charge on any atom is 0.231 e. The van der Waals surface area contributed by atoms with Gasteiger partial charge in [0, 0.05) is 11.7 Å². The first kappa shape index (κ1) is 11.1. The number of hydrogen-bond acceptors (Lipinski definition) is 2. The number of Topliss-reactive ketones (excluding diaryl/α,β-unsaturated/α-hetero) is 1. The Morgan fingerprint density at radius 2 is 1.95 bits per heavy atom. The van der Waals surface area contributed by atoms with Gasteiger partial charge in [-0.1, -0.05) is 18.2 Å². The summed E-state index contributed by atoms with van der Waals surface area (Å²) >= 11 is 0. The monoisotopic (exact) mass is 261 g/mol. The Hall–Kier alpha value is -2.81. The lowest BCUT2D eigenvalue weighted by Gasteiger charge is -1.99. The highest BCUT2D eigenvalue weighted by Gasteiger charge is 2.26. The molecule has 0 fully saturated rings. The number of rotatable bonds is 1. The molecule has 96 valence electrons. The van der Waals surface area contributed by atoms with E-state index in [1.54, 1.807) is 12.1 Å². The van der Waals surface area contributed by atoms with E-state index in [0.29, 0.717) is 17.1 Å². The van der Waals surface area contributed by atoms with Gasteiger partial charge in [0.05, 0.1) is 5.56 Å². The number of H-pyrrole nitrogens is 1. The van der Waals surface area contributed by atoms with Crippen molar-refractivity contribution in [2.24, 2.45) is 0 Å². The minimum absolute atomic E-state index is 0.0604. The predicted octanol–water partition coefficient (Wildman–Crippen LogP) is 3.78. The topological polar surface area (TPSA) is 42.1 Å². The molecule has 3 aromatic rings. The molecule has 3 nitrogen and oxygen atoms in total. The van der Waals surface area contributed by atoms with Gasteiger partial charge in [-0.05, 0) is 47.4 Å². The average Bonchev–Trinajstić information content (AvgIpc) is 3.05. The molecule has 0 atom stereocenters. The third-order valence-corrected chi connectivity index (χ3v) is 3.45. The van der Waals surface area contributed by atoms with Crippen molar-refractivity contribution in [2.75, 3.05) is 0 Å². The second-order valence-electron chi connectivity index (χ2n) is 4.76. The summed E-state index contributed by atoms with van der Waals surface area (Å²) < 4.78 is 5.62. The molecule has 1 aliphatic heterocycles. The molecule has 0 bridgehead atoms. The minimum Gasteiger partial charge on any atom is -0.452 e. The maximum atomic E-state index is 12.2. The van der Waals surface area contributed by atoms with Crippen LogP contribution < -0.4 is 4.74 Å². The Balaban J connectivity index is 1.76. The molecule has 0 saturated heterocycles. The van der Waals surface area contributed by atoms with Crippen molar-refractivity contribution < 1.29 is 9.53 Å². The Kier molecular flexibility index (Phi) is 2.27.